The molecule has 2 nitrogen and oxygen atoms in total. The van der Waals surface area contributed by atoms with Crippen molar-refractivity contribution in [2.24, 2.45) is 0 Å². The van der Waals surface area contributed by atoms with Crippen LogP contribution in [-0.4, -0.2) is 31.1 Å². The highest BCUT2D eigenvalue weighted by atomic mass is 35.5. The molecule has 0 amide bonds. The van der Waals surface area contributed by atoms with E-state index in [0.29, 0.717) is 6.04 Å². The maximum atomic E-state index is 4.10. The zero-order valence-corrected chi connectivity index (χ0v) is 14.0. The lowest BCUT2D eigenvalue weighted by Crippen LogP contribution is -2.45. The van der Waals surface area contributed by atoms with Gasteiger partial charge in [0.2, 0.25) is 0 Å². The van der Waals surface area contributed by atoms with Crippen molar-refractivity contribution in [2.45, 2.75) is 26.3 Å². The largest absolute Gasteiger partial charge is 0.314 e. The monoisotopic (exact) mass is 316 g/mol. The molecule has 4 heteroatoms. The molecule has 1 atom stereocenters. The van der Waals surface area contributed by atoms with Gasteiger partial charge in [-0.05, 0) is 31.4 Å². The summed E-state index contributed by atoms with van der Waals surface area (Å²) in [7, 11) is 0. The van der Waals surface area contributed by atoms with Crippen molar-refractivity contribution in [3.8, 4) is 0 Å². The van der Waals surface area contributed by atoms with Crippen molar-refractivity contribution in [2.75, 3.05) is 26.2 Å². The number of nitrogens with one attached hydrogen (secondary N) is 1. The summed E-state index contributed by atoms with van der Waals surface area (Å²) in [6.07, 6.45) is 1.06. The Bertz CT molecular complexity index is 415. The lowest BCUT2D eigenvalue weighted by molar-refractivity contribution is 0.172. The number of hydrogen-bond donors (Lipinski definition) is 1. The SMILES string of the molecule is C=C(C)C[C@@H](c1ccccc1C)N1CCNCC1.Cl.Cl. The van der Waals surface area contributed by atoms with Crippen molar-refractivity contribution in [1.29, 1.82) is 0 Å². The molecule has 1 N–H and O–H groups in total. The van der Waals surface area contributed by atoms with E-state index in [0.717, 1.165) is 32.6 Å². The van der Waals surface area contributed by atoms with Gasteiger partial charge >= 0.3 is 0 Å². The second kappa shape index (κ2) is 9.41. The predicted molar refractivity (Wildman–Crippen MR) is 92.3 cm³/mol. The van der Waals surface area contributed by atoms with Crippen LogP contribution in [0.4, 0.5) is 0 Å². The smallest absolute Gasteiger partial charge is 0.0388 e. The third-order valence-electron chi connectivity index (χ3n) is 3.68. The Kier molecular flexibility index (Phi) is 9.15. The molecule has 0 spiro atoms. The molecule has 0 radical (unpaired) electrons. The molecule has 20 heavy (non-hydrogen) atoms. The van der Waals surface area contributed by atoms with E-state index in [-0.39, 0.29) is 24.8 Å². The molecule has 1 aliphatic rings. The maximum Gasteiger partial charge on any atom is 0.0388 e. The normalized spacial score (nSPS) is 16.7. The first-order valence-electron chi connectivity index (χ1n) is 6.83. The molecule has 0 aromatic heterocycles. The lowest BCUT2D eigenvalue weighted by atomic mass is 9.94. The summed E-state index contributed by atoms with van der Waals surface area (Å²) >= 11 is 0. The first-order chi connectivity index (χ1) is 8.68. The topological polar surface area (TPSA) is 15.3 Å². The predicted octanol–water partition coefficient (Wildman–Crippen LogP) is 3.75. The summed E-state index contributed by atoms with van der Waals surface area (Å²) in [6.45, 7) is 12.9. The molecular formula is C16H26Cl2N2. The van der Waals surface area contributed by atoms with Gasteiger partial charge in [-0.1, -0.05) is 29.8 Å². The number of nitrogens with zero attached hydrogens (tertiary/aromatic N) is 1. The Morgan fingerprint density at radius 2 is 1.85 bits per heavy atom. The molecule has 1 fully saturated rings. The Morgan fingerprint density at radius 1 is 1.25 bits per heavy atom. The van der Waals surface area contributed by atoms with Crippen molar-refractivity contribution in [1.82, 2.24) is 10.2 Å². The van der Waals surface area contributed by atoms with Crippen LogP contribution in [0.3, 0.4) is 0 Å². The zero-order valence-electron chi connectivity index (χ0n) is 12.4. The van der Waals surface area contributed by atoms with Crippen molar-refractivity contribution in [3.05, 3.63) is 47.5 Å². The molecular weight excluding hydrogens is 291 g/mol. The highest BCUT2D eigenvalue weighted by Gasteiger charge is 2.22. The molecule has 1 aromatic rings. The van der Waals surface area contributed by atoms with Gasteiger partial charge in [-0.15, -0.1) is 31.4 Å². The van der Waals surface area contributed by atoms with Crippen LogP contribution in [0.15, 0.2) is 36.4 Å². The van der Waals surface area contributed by atoms with Crippen molar-refractivity contribution in [3.63, 3.8) is 0 Å². The van der Waals surface area contributed by atoms with E-state index in [1.165, 1.54) is 16.7 Å². The van der Waals surface area contributed by atoms with Crippen molar-refractivity contribution >= 4 is 24.8 Å². The number of aryl methyl sites for hydroxylation is 1. The molecule has 1 heterocycles. The minimum absolute atomic E-state index is 0. The summed E-state index contributed by atoms with van der Waals surface area (Å²) in [4.78, 5) is 2.59. The van der Waals surface area contributed by atoms with Gasteiger partial charge in [-0.3, -0.25) is 4.90 Å². The first kappa shape index (κ1) is 19.5. The molecule has 0 aliphatic carbocycles. The van der Waals surface area contributed by atoms with Gasteiger partial charge in [-0.25, -0.2) is 0 Å². The molecule has 0 unspecified atom stereocenters. The first-order valence-corrected chi connectivity index (χ1v) is 6.83. The Balaban J connectivity index is 0.00000180. The highest BCUT2D eigenvalue weighted by molar-refractivity contribution is 5.85. The second-order valence-electron chi connectivity index (χ2n) is 5.32. The number of piperazine rings is 1. The van der Waals surface area contributed by atoms with E-state index in [2.05, 4.69) is 54.9 Å². The standard InChI is InChI=1S/C16H24N2.2ClH/c1-13(2)12-16(18-10-8-17-9-11-18)15-7-5-4-6-14(15)3;;/h4-7,16-17H,1,8-12H2,2-3H3;2*1H/t16-;;/m0../s1. The van der Waals surface area contributed by atoms with Crippen LogP contribution in [0, 0.1) is 6.92 Å². The Labute approximate surface area is 135 Å². The number of hydrogen-bond acceptors (Lipinski definition) is 2. The third kappa shape index (κ3) is 5.10. The molecule has 1 saturated heterocycles. The zero-order chi connectivity index (χ0) is 13.0. The van der Waals surface area contributed by atoms with Crippen LogP contribution in [0.5, 0.6) is 0 Å². The van der Waals surface area contributed by atoms with E-state index in [1.54, 1.807) is 0 Å². The maximum absolute atomic E-state index is 4.10. The average Bonchev–Trinajstić information content (AvgIpc) is 2.38. The van der Waals surface area contributed by atoms with Crippen LogP contribution in [0.2, 0.25) is 0 Å². The van der Waals surface area contributed by atoms with Crippen LogP contribution >= 0.6 is 24.8 Å². The molecule has 0 bridgehead atoms. The second-order valence-corrected chi connectivity index (χ2v) is 5.32. The third-order valence-corrected chi connectivity index (χ3v) is 3.68. The molecule has 2 rings (SSSR count). The summed E-state index contributed by atoms with van der Waals surface area (Å²) in [6, 6.07) is 9.24. The summed E-state index contributed by atoms with van der Waals surface area (Å²) in [5, 5.41) is 3.42. The minimum Gasteiger partial charge on any atom is -0.314 e. The molecule has 114 valence electrons. The Hall–Kier alpha value is -0.540. The molecule has 1 aliphatic heterocycles. The lowest BCUT2D eigenvalue weighted by Gasteiger charge is -2.36. The van der Waals surface area contributed by atoms with Gasteiger partial charge in [0, 0.05) is 32.2 Å². The van der Waals surface area contributed by atoms with E-state index >= 15 is 0 Å². The van der Waals surface area contributed by atoms with Gasteiger partial charge in [-0.2, -0.15) is 0 Å². The number of benzene rings is 1. The van der Waals surface area contributed by atoms with E-state index in [1.807, 2.05) is 0 Å². The Morgan fingerprint density at radius 3 is 2.40 bits per heavy atom. The van der Waals surface area contributed by atoms with E-state index in [9.17, 15) is 0 Å². The van der Waals surface area contributed by atoms with Crippen molar-refractivity contribution < 1.29 is 0 Å². The van der Waals surface area contributed by atoms with Gasteiger partial charge in [0.15, 0.2) is 0 Å². The molecule has 1 aromatic carbocycles. The fourth-order valence-corrected chi connectivity index (χ4v) is 2.72. The summed E-state index contributed by atoms with van der Waals surface area (Å²) in [5.41, 5.74) is 4.12. The minimum atomic E-state index is 0. The highest BCUT2D eigenvalue weighted by Crippen LogP contribution is 2.29. The number of halogens is 2. The summed E-state index contributed by atoms with van der Waals surface area (Å²) in [5.74, 6) is 0. The quantitative estimate of drug-likeness (QED) is 0.851. The fraction of sp³-hybridized carbons (Fsp3) is 0.500. The van der Waals surface area contributed by atoms with Crippen LogP contribution in [-0.2, 0) is 0 Å². The number of rotatable bonds is 4. The van der Waals surface area contributed by atoms with Gasteiger partial charge in [0.25, 0.3) is 0 Å². The summed E-state index contributed by atoms with van der Waals surface area (Å²) < 4.78 is 0. The van der Waals surface area contributed by atoms with Crippen LogP contribution < -0.4 is 5.32 Å². The van der Waals surface area contributed by atoms with E-state index in [4.69, 9.17) is 0 Å². The van der Waals surface area contributed by atoms with Gasteiger partial charge in [0.05, 0.1) is 0 Å². The molecule has 0 saturated carbocycles. The fourth-order valence-electron chi connectivity index (χ4n) is 2.72. The van der Waals surface area contributed by atoms with E-state index < -0.39 is 0 Å². The van der Waals surface area contributed by atoms with Crippen LogP contribution in [0.1, 0.15) is 30.5 Å². The van der Waals surface area contributed by atoms with Crippen LogP contribution in [0.25, 0.3) is 0 Å². The van der Waals surface area contributed by atoms with Gasteiger partial charge in [0.1, 0.15) is 0 Å². The average molecular weight is 317 g/mol. The van der Waals surface area contributed by atoms with Gasteiger partial charge < -0.3 is 5.32 Å².